The van der Waals surface area contributed by atoms with Gasteiger partial charge in [0.2, 0.25) is 0 Å². The summed E-state index contributed by atoms with van der Waals surface area (Å²) in [6, 6.07) is 16.5. The van der Waals surface area contributed by atoms with Crippen LogP contribution in [0.4, 0.5) is 10.3 Å². The van der Waals surface area contributed by atoms with E-state index in [4.69, 9.17) is 25.9 Å². The molecule has 0 saturated heterocycles. The number of hydrogen-bond donors (Lipinski definition) is 1. The van der Waals surface area contributed by atoms with Crippen molar-refractivity contribution >= 4 is 29.2 Å². The highest BCUT2D eigenvalue weighted by Gasteiger charge is 2.25. The number of carbonyl (C=O) groups is 1. The van der Waals surface area contributed by atoms with Gasteiger partial charge in [-0.15, -0.1) is 0 Å². The highest BCUT2D eigenvalue weighted by molar-refractivity contribution is 6.31. The van der Waals surface area contributed by atoms with Crippen molar-refractivity contribution in [3.63, 3.8) is 0 Å². The lowest BCUT2D eigenvalue weighted by Gasteiger charge is -2.15. The van der Waals surface area contributed by atoms with Gasteiger partial charge < -0.3 is 14.3 Å². The Morgan fingerprint density at radius 2 is 1.78 bits per heavy atom. The molecule has 37 heavy (non-hydrogen) atoms. The molecule has 1 aromatic heterocycles. The van der Waals surface area contributed by atoms with Crippen LogP contribution in [0, 0.1) is 5.82 Å². The van der Waals surface area contributed by atoms with E-state index in [-0.39, 0.29) is 23.6 Å². The molecule has 10 heteroatoms. The first-order valence-corrected chi connectivity index (χ1v) is 11.5. The summed E-state index contributed by atoms with van der Waals surface area (Å²) in [7, 11) is 2.94. The van der Waals surface area contributed by atoms with Gasteiger partial charge in [-0.05, 0) is 36.4 Å². The second kappa shape index (κ2) is 10.2. The van der Waals surface area contributed by atoms with Crippen LogP contribution in [0.25, 0.3) is 11.3 Å². The smallest absolute Gasteiger partial charge is 0.366 e. The van der Waals surface area contributed by atoms with Gasteiger partial charge in [-0.1, -0.05) is 35.9 Å². The lowest BCUT2D eigenvalue weighted by molar-refractivity contribution is 0.0589. The molecule has 0 fully saturated rings. The first-order chi connectivity index (χ1) is 18.0. The largest absolute Gasteiger partial charge is 0.496 e. The van der Waals surface area contributed by atoms with Crippen LogP contribution in [0.2, 0.25) is 5.02 Å². The van der Waals surface area contributed by atoms with Crippen LogP contribution in [0.3, 0.4) is 0 Å². The Hall–Kier alpha value is -4.50. The Labute approximate surface area is 216 Å². The van der Waals surface area contributed by atoms with E-state index in [9.17, 15) is 4.79 Å². The van der Waals surface area contributed by atoms with Crippen LogP contribution in [0.5, 0.6) is 11.5 Å². The SMILES string of the molecule is COc1ccccc1C(=O)ONc1ncc2c(n1)-c1ccc(Cl)cc1C(c1c(F)cccc1OC)=NC2. The third kappa shape index (κ3) is 4.68. The summed E-state index contributed by atoms with van der Waals surface area (Å²) in [5, 5.41) is 0.448. The molecular formula is C27H20ClFN4O4. The van der Waals surface area contributed by atoms with Crippen molar-refractivity contribution in [1.29, 1.82) is 0 Å². The van der Waals surface area contributed by atoms with Gasteiger partial charge in [0.1, 0.15) is 22.9 Å². The van der Waals surface area contributed by atoms with Gasteiger partial charge in [0.15, 0.2) is 0 Å². The molecule has 3 aromatic carbocycles. The van der Waals surface area contributed by atoms with Gasteiger partial charge in [-0.3, -0.25) is 4.99 Å². The molecule has 186 valence electrons. The predicted octanol–water partition coefficient (Wildman–Crippen LogP) is 5.49. The standard InChI is InChI=1S/C27H20ClFN4O4/c1-35-21-8-4-3-6-18(21)26(34)37-33-27-31-14-15-13-30-25(23-20(29)7-5-9-22(23)36-2)19-12-16(28)10-11-17(19)24(15)32-27/h3-12,14H,13H2,1-2H3,(H,31,32,33). The van der Waals surface area contributed by atoms with Gasteiger partial charge in [0.05, 0.1) is 37.7 Å². The molecule has 4 aromatic rings. The Morgan fingerprint density at radius 1 is 1.00 bits per heavy atom. The summed E-state index contributed by atoms with van der Waals surface area (Å²) in [5.41, 5.74) is 5.80. The highest BCUT2D eigenvalue weighted by Crippen LogP contribution is 2.36. The summed E-state index contributed by atoms with van der Waals surface area (Å²) in [4.78, 5) is 31.3. The third-order valence-electron chi connectivity index (χ3n) is 5.76. The van der Waals surface area contributed by atoms with Crippen LogP contribution in [0.15, 0.2) is 71.9 Å². The molecule has 8 nitrogen and oxygen atoms in total. The number of anilines is 1. The molecule has 5 rings (SSSR count). The van der Waals surface area contributed by atoms with E-state index in [0.29, 0.717) is 44.6 Å². The number of aromatic nitrogens is 2. The molecule has 0 spiro atoms. The van der Waals surface area contributed by atoms with Crippen LogP contribution in [-0.4, -0.2) is 35.9 Å². The maximum absolute atomic E-state index is 15.0. The molecule has 1 aliphatic rings. The van der Waals surface area contributed by atoms with E-state index in [1.807, 2.05) is 0 Å². The minimum atomic E-state index is -0.666. The second-order valence-corrected chi connectivity index (χ2v) is 8.37. The van der Waals surface area contributed by atoms with Crippen molar-refractivity contribution in [3.05, 3.63) is 100.0 Å². The van der Waals surface area contributed by atoms with Crippen molar-refractivity contribution in [2.24, 2.45) is 4.99 Å². The molecule has 1 aliphatic heterocycles. The number of nitrogens with one attached hydrogen (secondary N) is 1. The van der Waals surface area contributed by atoms with Gasteiger partial charge in [0.25, 0.3) is 5.95 Å². The maximum Gasteiger partial charge on any atom is 0.366 e. The Kier molecular flexibility index (Phi) is 6.70. The van der Waals surface area contributed by atoms with E-state index in [1.54, 1.807) is 60.8 Å². The number of rotatable bonds is 6. The summed E-state index contributed by atoms with van der Waals surface area (Å²) in [6.07, 6.45) is 1.57. The summed E-state index contributed by atoms with van der Waals surface area (Å²) >= 11 is 6.33. The summed E-state index contributed by atoms with van der Waals surface area (Å²) < 4.78 is 25.7. The normalized spacial score (nSPS) is 11.9. The fraction of sp³-hybridized carbons (Fsp3) is 0.111. The van der Waals surface area contributed by atoms with Gasteiger partial charge in [-0.2, -0.15) is 5.48 Å². The molecule has 0 bridgehead atoms. The first kappa shape index (κ1) is 24.2. The number of para-hydroxylation sites is 1. The molecule has 0 saturated carbocycles. The van der Waals surface area contributed by atoms with Gasteiger partial charge in [0, 0.05) is 27.9 Å². The monoisotopic (exact) mass is 518 g/mol. The van der Waals surface area contributed by atoms with Crippen LogP contribution < -0.4 is 15.0 Å². The number of methoxy groups -OCH3 is 2. The lowest BCUT2D eigenvalue weighted by atomic mass is 9.94. The number of aliphatic imine (C=N–C) groups is 1. The summed E-state index contributed by atoms with van der Waals surface area (Å²) in [6.45, 7) is 0.176. The van der Waals surface area contributed by atoms with Crippen molar-refractivity contribution in [2.45, 2.75) is 6.54 Å². The van der Waals surface area contributed by atoms with Crippen molar-refractivity contribution < 1.29 is 23.5 Å². The van der Waals surface area contributed by atoms with Crippen LogP contribution in [0.1, 0.15) is 27.0 Å². The minimum Gasteiger partial charge on any atom is -0.496 e. The Morgan fingerprint density at radius 3 is 2.59 bits per heavy atom. The topological polar surface area (TPSA) is 94.9 Å². The molecule has 0 radical (unpaired) electrons. The highest BCUT2D eigenvalue weighted by atomic mass is 35.5. The number of halogens is 2. The van der Waals surface area contributed by atoms with Gasteiger partial charge >= 0.3 is 5.97 Å². The third-order valence-corrected chi connectivity index (χ3v) is 5.99. The molecule has 0 aliphatic carbocycles. The van der Waals surface area contributed by atoms with Crippen molar-refractivity contribution in [3.8, 4) is 22.8 Å². The average molecular weight is 519 g/mol. The fourth-order valence-corrected chi connectivity index (χ4v) is 4.22. The average Bonchev–Trinajstić information content (AvgIpc) is 3.07. The van der Waals surface area contributed by atoms with Crippen LogP contribution >= 0.6 is 11.6 Å². The Balaban J connectivity index is 1.52. The maximum atomic E-state index is 15.0. The lowest BCUT2D eigenvalue weighted by Crippen LogP contribution is -2.14. The minimum absolute atomic E-state index is 0.0508. The number of carbonyl (C=O) groups excluding carboxylic acids is 1. The van der Waals surface area contributed by atoms with Crippen molar-refractivity contribution in [2.75, 3.05) is 19.7 Å². The van der Waals surface area contributed by atoms with Crippen molar-refractivity contribution in [1.82, 2.24) is 9.97 Å². The zero-order valence-corrected chi connectivity index (χ0v) is 20.5. The molecular weight excluding hydrogens is 499 g/mol. The van der Waals surface area contributed by atoms with E-state index in [0.717, 1.165) is 0 Å². The van der Waals surface area contributed by atoms with E-state index in [2.05, 4.69) is 20.4 Å². The number of fused-ring (bicyclic) bond motifs is 3. The van der Waals surface area contributed by atoms with E-state index < -0.39 is 11.8 Å². The Bertz CT molecular complexity index is 1540. The molecule has 0 unspecified atom stereocenters. The van der Waals surface area contributed by atoms with E-state index in [1.165, 1.54) is 20.3 Å². The number of nitrogens with zero attached hydrogens (tertiary/aromatic N) is 3. The molecule has 2 heterocycles. The second-order valence-electron chi connectivity index (χ2n) is 7.93. The number of benzene rings is 3. The quantitative estimate of drug-likeness (QED) is 0.337. The fourth-order valence-electron chi connectivity index (χ4n) is 4.05. The molecule has 0 amide bonds. The molecule has 0 atom stereocenters. The number of hydrogen-bond acceptors (Lipinski definition) is 8. The first-order valence-electron chi connectivity index (χ1n) is 11.1. The zero-order valence-electron chi connectivity index (χ0n) is 19.8. The zero-order chi connectivity index (χ0) is 25.9. The van der Waals surface area contributed by atoms with Crippen LogP contribution in [-0.2, 0) is 11.4 Å². The predicted molar refractivity (Wildman–Crippen MR) is 137 cm³/mol. The van der Waals surface area contributed by atoms with E-state index >= 15 is 4.39 Å². The van der Waals surface area contributed by atoms with Gasteiger partial charge in [-0.25, -0.2) is 19.2 Å². The number of ether oxygens (including phenoxy) is 2. The molecule has 1 N–H and O–H groups in total. The summed E-state index contributed by atoms with van der Waals surface area (Å²) in [5.74, 6) is -0.384.